The maximum atomic E-state index is 6.49. The second-order valence-corrected chi connectivity index (χ2v) is 6.31. The normalized spacial score (nSPS) is 27.3. The number of nitrogens with one attached hydrogen (secondary N) is 1. The molecule has 0 saturated carbocycles. The molecule has 0 spiro atoms. The summed E-state index contributed by atoms with van der Waals surface area (Å²) < 4.78 is 0. The van der Waals surface area contributed by atoms with E-state index in [9.17, 15) is 0 Å². The molecule has 2 aliphatic rings. The monoisotopic (exact) mass is 279 g/mol. The van der Waals surface area contributed by atoms with Gasteiger partial charge in [-0.3, -0.25) is 4.90 Å². The van der Waals surface area contributed by atoms with Crippen molar-refractivity contribution in [3.05, 3.63) is 22.7 Å². The van der Waals surface area contributed by atoms with Gasteiger partial charge >= 0.3 is 0 Å². The third-order valence-electron chi connectivity index (χ3n) is 4.58. The van der Waals surface area contributed by atoms with E-state index >= 15 is 0 Å². The zero-order valence-corrected chi connectivity index (χ0v) is 12.7. The van der Waals surface area contributed by atoms with Crippen LogP contribution in [0.15, 0.2) is 12.1 Å². The Kier molecular flexibility index (Phi) is 3.35. The first-order valence-corrected chi connectivity index (χ1v) is 7.47. The molecule has 0 amide bonds. The molecule has 1 aromatic carbocycles. The summed E-state index contributed by atoms with van der Waals surface area (Å²) in [5.74, 6) is 0. The van der Waals surface area contributed by atoms with Crippen LogP contribution in [0.2, 0.25) is 5.02 Å². The fraction of sp³-hybridized carbons (Fsp3) is 0.600. The Bertz CT molecular complexity index is 477. The van der Waals surface area contributed by atoms with Crippen molar-refractivity contribution in [1.29, 1.82) is 0 Å². The SMILES string of the molecule is CC1CN(c2cc3c(cc2Cl)CCN3)C[C@H](C)N1C. The highest BCUT2D eigenvalue weighted by Crippen LogP contribution is 2.36. The van der Waals surface area contributed by atoms with Gasteiger partial charge in [-0.25, -0.2) is 0 Å². The molecule has 0 aliphatic carbocycles. The Labute approximate surface area is 120 Å². The third kappa shape index (κ3) is 2.30. The van der Waals surface area contributed by atoms with Crippen LogP contribution in [-0.4, -0.2) is 43.7 Å². The molecule has 0 radical (unpaired) electrons. The Balaban J connectivity index is 1.90. The van der Waals surface area contributed by atoms with Gasteiger partial charge in [0.1, 0.15) is 0 Å². The van der Waals surface area contributed by atoms with Crippen LogP contribution >= 0.6 is 11.6 Å². The van der Waals surface area contributed by atoms with E-state index in [1.807, 2.05) is 0 Å². The molecule has 2 atom stereocenters. The first-order valence-electron chi connectivity index (χ1n) is 7.09. The number of piperazine rings is 1. The Hall–Kier alpha value is -0.930. The number of anilines is 2. The highest BCUT2D eigenvalue weighted by Gasteiger charge is 2.28. The maximum Gasteiger partial charge on any atom is 0.0643 e. The van der Waals surface area contributed by atoms with E-state index in [1.54, 1.807) is 0 Å². The Morgan fingerprint density at radius 3 is 2.58 bits per heavy atom. The number of hydrogen-bond donors (Lipinski definition) is 1. The lowest BCUT2D eigenvalue weighted by molar-refractivity contribution is 0.170. The van der Waals surface area contributed by atoms with Gasteiger partial charge in [-0.05, 0) is 45.0 Å². The van der Waals surface area contributed by atoms with E-state index in [0.29, 0.717) is 12.1 Å². The number of hydrogen-bond acceptors (Lipinski definition) is 3. The summed E-state index contributed by atoms with van der Waals surface area (Å²) in [4.78, 5) is 4.87. The Morgan fingerprint density at radius 1 is 1.21 bits per heavy atom. The van der Waals surface area contributed by atoms with E-state index in [2.05, 4.69) is 48.1 Å². The molecule has 1 N–H and O–H groups in total. The molecule has 1 aromatic rings. The van der Waals surface area contributed by atoms with Crippen LogP contribution in [0.5, 0.6) is 0 Å². The summed E-state index contributed by atoms with van der Waals surface area (Å²) in [6.07, 6.45) is 1.09. The molecule has 104 valence electrons. The summed E-state index contributed by atoms with van der Waals surface area (Å²) in [6, 6.07) is 5.48. The predicted octanol–water partition coefficient (Wildman–Crippen LogP) is 2.84. The molecule has 1 unspecified atom stereocenters. The third-order valence-corrected chi connectivity index (χ3v) is 4.89. The molecule has 4 heteroatoms. The second kappa shape index (κ2) is 4.88. The van der Waals surface area contributed by atoms with Gasteiger partial charge in [0.15, 0.2) is 0 Å². The summed E-state index contributed by atoms with van der Waals surface area (Å²) in [6.45, 7) is 7.67. The van der Waals surface area contributed by atoms with Gasteiger partial charge in [0.2, 0.25) is 0 Å². The standard InChI is InChI=1S/C15H22ClN3/c1-10-8-19(9-11(2)18(10)3)15-7-14-12(4-5-17-14)6-13(15)16/h6-7,10-11,17H,4-5,8-9H2,1-3H3/t10-,11?/m0/s1. The minimum absolute atomic E-state index is 0.557. The molecule has 2 aliphatic heterocycles. The van der Waals surface area contributed by atoms with Crippen LogP contribution in [0, 0.1) is 0 Å². The fourth-order valence-corrected chi connectivity index (χ4v) is 3.46. The molecular weight excluding hydrogens is 258 g/mol. The lowest BCUT2D eigenvalue weighted by Gasteiger charge is -2.43. The quantitative estimate of drug-likeness (QED) is 0.853. The van der Waals surface area contributed by atoms with E-state index in [0.717, 1.165) is 31.1 Å². The van der Waals surface area contributed by atoms with Crippen molar-refractivity contribution in [3.63, 3.8) is 0 Å². The van der Waals surface area contributed by atoms with Crippen LogP contribution in [0.4, 0.5) is 11.4 Å². The molecule has 1 saturated heterocycles. The van der Waals surface area contributed by atoms with Gasteiger partial charge in [0.05, 0.1) is 10.7 Å². The van der Waals surface area contributed by atoms with Crippen LogP contribution in [0.3, 0.4) is 0 Å². The number of nitrogens with zero attached hydrogens (tertiary/aromatic N) is 2. The zero-order chi connectivity index (χ0) is 13.6. The van der Waals surface area contributed by atoms with Crippen molar-refractivity contribution >= 4 is 23.0 Å². The van der Waals surface area contributed by atoms with E-state index in [4.69, 9.17) is 11.6 Å². The summed E-state index contributed by atoms with van der Waals surface area (Å²) in [5.41, 5.74) is 3.80. The lowest BCUT2D eigenvalue weighted by atomic mass is 10.1. The van der Waals surface area contributed by atoms with Crippen LogP contribution < -0.4 is 10.2 Å². The van der Waals surface area contributed by atoms with Gasteiger partial charge in [-0.15, -0.1) is 0 Å². The number of rotatable bonds is 1. The number of halogens is 1. The van der Waals surface area contributed by atoms with E-state index in [-0.39, 0.29) is 0 Å². The average molecular weight is 280 g/mol. The van der Waals surface area contributed by atoms with Gasteiger partial charge in [-0.1, -0.05) is 11.6 Å². The molecule has 0 bridgehead atoms. The predicted molar refractivity (Wildman–Crippen MR) is 82.5 cm³/mol. The molecule has 1 fully saturated rings. The number of benzene rings is 1. The van der Waals surface area contributed by atoms with Gasteiger partial charge in [-0.2, -0.15) is 0 Å². The first-order chi connectivity index (χ1) is 9.06. The second-order valence-electron chi connectivity index (χ2n) is 5.91. The van der Waals surface area contributed by atoms with Crippen molar-refractivity contribution < 1.29 is 0 Å². The topological polar surface area (TPSA) is 18.5 Å². The van der Waals surface area contributed by atoms with E-state index in [1.165, 1.54) is 16.9 Å². The summed E-state index contributed by atoms with van der Waals surface area (Å²) >= 11 is 6.49. The first kappa shape index (κ1) is 13.1. The summed E-state index contributed by atoms with van der Waals surface area (Å²) in [7, 11) is 2.21. The minimum atomic E-state index is 0.557. The van der Waals surface area contributed by atoms with Crippen LogP contribution in [0.25, 0.3) is 0 Å². The summed E-state index contributed by atoms with van der Waals surface area (Å²) in [5, 5.41) is 4.34. The van der Waals surface area contributed by atoms with Crippen molar-refractivity contribution in [3.8, 4) is 0 Å². The van der Waals surface area contributed by atoms with Gasteiger partial charge < -0.3 is 10.2 Å². The van der Waals surface area contributed by atoms with Gasteiger partial charge in [0.25, 0.3) is 0 Å². The highest BCUT2D eigenvalue weighted by atomic mass is 35.5. The van der Waals surface area contributed by atoms with Gasteiger partial charge in [0, 0.05) is 37.4 Å². The minimum Gasteiger partial charge on any atom is -0.384 e. The lowest BCUT2D eigenvalue weighted by Crippen LogP contribution is -2.55. The number of likely N-dealkylation sites (N-methyl/N-ethyl adjacent to an activating group) is 1. The highest BCUT2D eigenvalue weighted by molar-refractivity contribution is 6.33. The maximum absolute atomic E-state index is 6.49. The smallest absolute Gasteiger partial charge is 0.0643 e. The molecule has 2 heterocycles. The van der Waals surface area contributed by atoms with Crippen LogP contribution in [-0.2, 0) is 6.42 Å². The van der Waals surface area contributed by atoms with Crippen molar-refractivity contribution in [1.82, 2.24) is 4.90 Å². The zero-order valence-electron chi connectivity index (χ0n) is 11.9. The van der Waals surface area contributed by atoms with Crippen molar-refractivity contribution in [2.24, 2.45) is 0 Å². The molecular formula is C15H22ClN3. The van der Waals surface area contributed by atoms with Crippen molar-refractivity contribution in [2.75, 3.05) is 36.9 Å². The molecule has 19 heavy (non-hydrogen) atoms. The van der Waals surface area contributed by atoms with E-state index < -0.39 is 0 Å². The average Bonchev–Trinajstić information content (AvgIpc) is 2.81. The molecule has 3 nitrogen and oxygen atoms in total. The number of fused-ring (bicyclic) bond motifs is 1. The fourth-order valence-electron chi connectivity index (χ4n) is 3.15. The molecule has 0 aromatic heterocycles. The molecule has 3 rings (SSSR count). The van der Waals surface area contributed by atoms with Crippen LogP contribution in [0.1, 0.15) is 19.4 Å². The largest absolute Gasteiger partial charge is 0.384 e. The van der Waals surface area contributed by atoms with Crippen molar-refractivity contribution in [2.45, 2.75) is 32.4 Å². The Morgan fingerprint density at radius 2 is 1.89 bits per heavy atom.